The number of esters is 1. The molecular weight excluding hydrogens is 371 g/mol. The number of hydrogen-bond donors (Lipinski definition) is 2. The maximum atomic E-state index is 12.3. The van der Waals surface area contributed by atoms with E-state index in [0.717, 1.165) is 11.8 Å². The number of benzene rings is 1. The van der Waals surface area contributed by atoms with Gasteiger partial charge in [-0.05, 0) is 18.6 Å². The van der Waals surface area contributed by atoms with Gasteiger partial charge in [-0.3, -0.25) is 14.5 Å². The van der Waals surface area contributed by atoms with Gasteiger partial charge in [-0.2, -0.15) is 13.2 Å². The summed E-state index contributed by atoms with van der Waals surface area (Å²) in [6.07, 6.45) is -6.06. The average Bonchev–Trinajstić information content (AvgIpc) is 2.91. The van der Waals surface area contributed by atoms with E-state index in [1.807, 2.05) is 0 Å². The van der Waals surface area contributed by atoms with Gasteiger partial charge in [0.1, 0.15) is 6.54 Å². The molecule has 1 fully saturated rings. The Morgan fingerprint density at radius 1 is 1.30 bits per heavy atom. The molecule has 0 saturated carbocycles. The number of urea groups is 1. The average molecular weight is 387 g/mol. The second-order valence-corrected chi connectivity index (χ2v) is 5.68. The monoisotopic (exact) mass is 387 g/mol. The number of nitrogens with one attached hydrogen (secondary N) is 2. The molecule has 4 amide bonds. The first-order chi connectivity index (χ1) is 12.6. The van der Waals surface area contributed by atoms with Gasteiger partial charge >= 0.3 is 18.2 Å². The molecule has 8 nitrogen and oxygen atoms in total. The Hall–Kier alpha value is -3.11. The van der Waals surface area contributed by atoms with E-state index in [0.29, 0.717) is 0 Å². The van der Waals surface area contributed by atoms with Crippen molar-refractivity contribution in [1.29, 1.82) is 0 Å². The van der Waals surface area contributed by atoms with Crippen LogP contribution in [0.15, 0.2) is 24.3 Å². The van der Waals surface area contributed by atoms with Crippen LogP contribution in [0.25, 0.3) is 0 Å². The van der Waals surface area contributed by atoms with Crippen molar-refractivity contribution in [3.8, 4) is 0 Å². The maximum Gasteiger partial charge on any atom is 0.405 e. The summed E-state index contributed by atoms with van der Waals surface area (Å²) in [5.41, 5.74) is 0.274. The molecule has 0 bridgehead atoms. The van der Waals surface area contributed by atoms with Crippen molar-refractivity contribution in [2.75, 3.05) is 13.1 Å². The summed E-state index contributed by atoms with van der Waals surface area (Å²) < 4.78 is 41.3. The fourth-order valence-electron chi connectivity index (χ4n) is 2.25. The van der Waals surface area contributed by atoms with Crippen molar-refractivity contribution < 1.29 is 37.1 Å². The zero-order valence-corrected chi connectivity index (χ0v) is 14.1. The Morgan fingerprint density at radius 2 is 1.96 bits per heavy atom. The third kappa shape index (κ3) is 5.43. The Kier molecular flexibility index (Phi) is 6.03. The molecule has 1 aromatic rings. The van der Waals surface area contributed by atoms with E-state index in [1.54, 1.807) is 11.4 Å². The summed E-state index contributed by atoms with van der Waals surface area (Å²) in [7, 11) is 0. The molecule has 1 unspecified atom stereocenters. The van der Waals surface area contributed by atoms with Gasteiger partial charge in [0, 0.05) is 0 Å². The van der Waals surface area contributed by atoms with Gasteiger partial charge in [-0.1, -0.05) is 18.2 Å². The Bertz CT molecular complexity index is 750. The lowest BCUT2D eigenvalue weighted by Crippen LogP contribution is -2.40. The van der Waals surface area contributed by atoms with Gasteiger partial charge in [-0.15, -0.1) is 0 Å². The molecule has 11 heteroatoms. The standard InChI is InChI=1S/C16H16F3N3O5/c1-9(13(24)21-8-16(17,18)19)27-14(25)11-5-3-2-4-10(11)7-22-12(23)6-20-15(22)26/h2-5,9H,6-8H2,1H3,(H,20,26)(H,21,24). The number of alkyl halides is 3. The maximum absolute atomic E-state index is 12.3. The predicted octanol–water partition coefficient (Wildman–Crippen LogP) is 0.962. The number of carbonyl (C=O) groups excluding carboxylic acids is 4. The molecule has 2 rings (SSSR count). The van der Waals surface area contributed by atoms with Crippen molar-refractivity contribution in [3.05, 3.63) is 35.4 Å². The molecule has 0 aromatic heterocycles. The van der Waals surface area contributed by atoms with Crippen molar-refractivity contribution in [1.82, 2.24) is 15.5 Å². The highest BCUT2D eigenvalue weighted by atomic mass is 19.4. The second kappa shape index (κ2) is 8.06. The lowest BCUT2D eigenvalue weighted by Gasteiger charge is -2.17. The first-order valence-electron chi connectivity index (χ1n) is 7.80. The number of nitrogens with zero attached hydrogens (tertiary/aromatic N) is 1. The smallest absolute Gasteiger partial charge is 0.405 e. The zero-order chi connectivity index (χ0) is 20.2. The van der Waals surface area contributed by atoms with E-state index < -0.39 is 42.6 Å². The molecule has 27 heavy (non-hydrogen) atoms. The van der Waals surface area contributed by atoms with Crippen molar-refractivity contribution in [3.63, 3.8) is 0 Å². The highest BCUT2D eigenvalue weighted by Gasteiger charge is 2.31. The van der Waals surface area contributed by atoms with Gasteiger partial charge < -0.3 is 15.4 Å². The van der Waals surface area contributed by atoms with Gasteiger partial charge in [0.15, 0.2) is 6.10 Å². The number of rotatable bonds is 6. The van der Waals surface area contributed by atoms with Gasteiger partial charge in [0.05, 0.1) is 18.7 Å². The van der Waals surface area contributed by atoms with Crippen LogP contribution < -0.4 is 10.6 Å². The molecule has 1 saturated heterocycles. The van der Waals surface area contributed by atoms with Crippen LogP contribution in [0, 0.1) is 0 Å². The Morgan fingerprint density at radius 3 is 2.56 bits per heavy atom. The number of amides is 4. The Labute approximate surface area is 151 Å². The second-order valence-electron chi connectivity index (χ2n) is 5.68. The molecular formula is C16H16F3N3O5. The summed E-state index contributed by atoms with van der Waals surface area (Å²) in [5.74, 6) is -2.54. The molecule has 0 aliphatic carbocycles. The highest BCUT2D eigenvalue weighted by molar-refractivity contribution is 6.02. The first-order valence-corrected chi connectivity index (χ1v) is 7.80. The van der Waals surface area contributed by atoms with E-state index in [-0.39, 0.29) is 24.2 Å². The van der Waals surface area contributed by atoms with E-state index in [9.17, 15) is 32.3 Å². The van der Waals surface area contributed by atoms with Crippen LogP contribution in [-0.2, 0) is 20.9 Å². The van der Waals surface area contributed by atoms with Crippen LogP contribution in [0.4, 0.5) is 18.0 Å². The minimum absolute atomic E-state index is 0.0135. The van der Waals surface area contributed by atoms with Crippen LogP contribution >= 0.6 is 0 Å². The van der Waals surface area contributed by atoms with Crippen molar-refractivity contribution >= 4 is 23.8 Å². The third-order valence-electron chi connectivity index (χ3n) is 3.62. The van der Waals surface area contributed by atoms with Crippen molar-refractivity contribution in [2.24, 2.45) is 0 Å². The van der Waals surface area contributed by atoms with Crippen LogP contribution in [0.3, 0.4) is 0 Å². The third-order valence-corrected chi connectivity index (χ3v) is 3.62. The van der Waals surface area contributed by atoms with Gasteiger partial charge in [0.25, 0.3) is 5.91 Å². The quantitative estimate of drug-likeness (QED) is 0.559. The number of imide groups is 1. The van der Waals surface area contributed by atoms with Crippen LogP contribution in [0.2, 0.25) is 0 Å². The van der Waals surface area contributed by atoms with Crippen LogP contribution in [-0.4, -0.2) is 54.1 Å². The lowest BCUT2D eigenvalue weighted by molar-refractivity contribution is -0.143. The summed E-state index contributed by atoms with van der Waals surface area (Å²) in [6, 6.07) is 5.31. The fourth-order valence-corrected chi connectivity index (χ4v) is 2.25. The summed E-state index contributed by atoms with van der Waals surface area (Å²) in [5, 5.41) is 3.96. The highest BCUT2D eigenvalue weighted by Crippen LogP contribution is 2.16. The number of ether oxygens (including phenoxy) is 1. The first kappa shape index (κ1) is 20.2. The SMILES string of the molecule is CC(OC(=O)c1ccccc1CN1C(=O)CNC1=O)C(=O)NCC(F)(F)F. The largest absolute Gasteiger partial charge is 0.449 e. The number of carbonyl (C=O) groups is 4. The molecule has 1 heterocycles. The summed E-state index contributed by atoms with van der Waals surface area (Å²) >= 11 is 0. The number of hydrogen-bond acceptors (Lipinski definition) is 5. The van der Waals surface area contributed by atoms with E-state index >= 15 is 0 Å². The molecule has 0 spiro atoms. The molecule has 1 aliphatic rings. The number of halogens is 3. The van der Waals surface area contributed by atoms with E-state index in [2.05, 4.69) is 5.32 Å². The van der Waals surface area contributed by atoms with Crippen LogP contribution in [0.5, 0.6) is 0 Å². The molecule has 0 radical (unpaired) electrons. The van der Waals surface area contributed by atoms with E-state index in [1.165, 1.54) is 18.2 Å². The summed E-state index contributed by atoms with van der Waals surface area (Å²) in [6.45, 7) is -0.757. The molecule has 1 aromatic carbocycles. The molecule has 1 atom stereocenters. The normalized spacial score (nSPS) is 15.3. The molecule has 1 aliphatic heterocycles. The van der Waals surface area contributed by atoms with Gasteiger partial charge in [0.2, 0.25) is 5.91 Å². The van der Waals surface area contributed by atoms with Gasteiger partial charge in [-0.25, -0.2) is 9.59 Å². The topological polar surface area (TPSA) is 105 Å². The van der Waals surface area contributed by atoms with E-state index in [4.69, 9.17) is 4.74 Å². The summed E-state index contributed by atoms with van der Waals surface area (Å²) in [4.78, 5) is 48.1. The zero-order valence-electron chi connectivity index (χ0n) is 14.1. The lowest BCUT2D eigenvalue weighted by atomic mass is 10.1. The minimum Gasteiger partial charge on any atom is -0.449 e. The molecule has 146 valence electrons. The molecule has 2 N–H and O–H groups in total. The van der Waals surface area contributed by atoms with Crippen molar-refractivity contribution in [2.45, 2.75) is 25.7 Å². The Balaban J connectivity index is 2.05. The predicted molar refractivity (Wildman–Crippen MR) is 84.3 cm³/mol. The fraction of sp³-hybridized carbons (Fsp3) is 0.375. The minimum atomic E-state index is -4.59. The van der Waals surface area contributed by atoms with Crippen LogP contribution in [0.1, 0.15) is 22.8 Å².